The smallest absolute Gasteiger partial charge is 0.324 e. The molecule has 3 N–H and O–H groups in total. The van der Waals surface area contributed by atoms with E-state index >= 15 is 4.39 Å². The number of aromatic nitrogens is 5. The van der Waals surface area contributed by atoms with Crippen LogP contribution >= 0.6 is 0 Å². The molecule has 0 radical (unpaired) electrons. The second-order valence-electron chi connectivity index (χ2n) is 11.6. The van der Waals surface area contributed by atoms with E-state index < -0.39 is 11.8 Å². The van der Waals surface area contributed by atoms with Crippen LogP contribution in [-0.4, -0.2) is 37.1 Å². The zero-order valence-electron chi connectivity index (χ0n) is 24.5. The normalized spacial score (nSPS) is 13.0. The molecule has 0 bridgehead atoms. The molecule has 5 aromatic rings. The third-order valence-electron chi connectivity index (χ3n) is 7.20. The summed E-state index contributed by atoms with van der Waals surface area (Å²) in [7, 11) is 1.83. The quantitative estimate of drug-likeness (QED) is 0.221. The first-order valence-electron chi connectivity index (χ1n) is 14.1. The van der Waals surface area contributed by atoms with Crippen LogP contribution in [0.2, 0.25) is 0 Å². The first-order chi connectivity index (χ1) is 20.6. The van der Waals surface area contributed by atoms with Gasteiger partial charge in [-0.15, -0.1) is 0 Å². The summed E-state index contributed by atoms with van der Waals surface area (Å²) in [4.78, 5) is 17.4. The molecule has 11 heteroatoms. The predicted molar refractivity (Wildman–Crippen MR) is 163 cm³/mol. The van der Waals surface area contributed by atoms with Gasteiger partial charge in [-0.05, 0) is 54.4 Å². The van der Waals surface area contributed by atoms with Crippen molar-refractivity contribution in [2.75, 3.05) is 17.2 Å². The molecule has 0 saturated heterocycles. The summed E-state index contributed by atoms with van der Waals surface area (Å²) in [6.07, 6.45) is 6.09. The van der Waals surface area contributed by atoms with Crippen molar-refractivity contribution in [1.82, 2.24) is 29.9 Å². The Hall–Kier alpha value is -5.03. The molecule has 0 unspecified atom stereocenters. The molecule has 220 valence electrons. The number of nitrogens with zero attached hydrogens (tertiary/aromatic N) is 5. The van der Waals surface area contributed by atoms with Crippen LogP contribution in [0.15, 0.2) is 73.2 Å². The molecule has 2 amide bonds. The molecule has 43 heavy (non-hydrogen) atoms. The lowest BCUT2D eigenvalue weighted by Gasteiger charge is -2.18. The first kappa shape index (κ1) is 28.1. The lowest BCUT2D eigenvalue weighted by molar-refractivity contribution is 0.262. The highest BCUT2D eigenvalue weighted by Gasteiger charge is 2.22. The number of benzene rings is 2. The number of urea groups is 1. The van der Waals surface area contributed by atoms with Crippen molar-refractivity contribution in [3.63, 3.8) is 0 Å². The molecule has 4 heterocycles. The van der Waals surface area contributed by atoms with Gasteiger partial charge < -0.3 is 15.4 Å². The fourth-order valence-electron chi connectivity index (χ4n) is 4.88. The number of aryl methyl sites for hydroxylation is 1. The molecule has 0 saturated carbocycles. The number of carbonyl (C=O) groups excluding carboxylic acids is 1. The summed E-state index contributed by atoms with van der Waals surface area (Å²) < 4.78 is 24.4. The zero-order chi connectivity index (χ0) is 30.1. The second kappa shape index (κ2) is 11.3. The summed E-state index contributed by atoms with van der Waals surface area (Å²) in [5, 5.41) is 17.8. The van der Waals surface area contributed by atoms with E-state index in [0.29, 0.717) is 17.3 Å². The van der Waals surface area contributed by atoms with Gasteiger partial charge in [-0.3, -0.25) is 15.0 Å². The molecule has 0 fully saturated rings. The molecular formula is C32H33FN8O2. The van der Waals surface area contributed by atoms with Crippen LogP contribution in [0, 0.1) is 5.82 Å². The van der Waals surface area contributed by atoms with Gasteiger partial charge in [0.25, 0.3) is 0 Å². The fourth-order valence-corrected chi connectivity index (χ4v) is 4.88. The van der Waals surface area contributed by atoms with Gasteiger partial charge in [-0.1, -0.05) is 26.8 Å². The topological polar surface area (TPSA) is 111 Å². The molecule has 3 aromatic heterocycles. The maximum atomic E-state index is 15.1. The molecule has 0 atom stereocenters. The molecule has 2 aromatic carbocycles. The van der Waals surface area contributed by atoms with Gasteiger partial charge >= 0.3 is 6.03 Å². The summed E-state index contributed by atoms with van der Waals surface area (Å²) in [5.41, 5.74) is 5.46. The van der Waals surface area contributed by atoms with Crippen molar-refractivity contribution < 1.29 is 13.9 Å². The third-order valence-corrected chi connectivity index (χ3v) is 7.20. The number of ether oxygens (including phenoxy) is 1. The number of nitrogens with one attached hydrogen (secondary N) is 3. The standard InChI is InChI=1S/C32H33FN8O2/c1-32(2,3)29-16-30(41(39-29)23-6-5-21-17-34-11-9-20(21)13-23)38-31(42)37-27-8-7-24(14-26(27)33)43-25-10-12-35-28(15-25)22-18-36-40(4)19-22/h5-8,10,12-16,18-19,34H,9,11,17H2,1-4H3,(H2,37,38,42). The SMILES string of the molecule is Cn1cc(-c2cc(Oc3ccc(NC(=O)Nc4cc(C(C)(C)C)nn4-c4ccc5c(c4)CCNC5)c(F)c3)ccn2)cn1. The number of anilines is 2. The van der Waals surface area contributed by atoms with Crippen LogP contribution in [0.3, 0.4) is 0 Å². The Morgan fingerprint density at radius 1 is 1.02 bits per heavy atom. The fraction of sp³-hybridized carbons (Fsp3) is 0.250. The third kappa shape index (κ3) is 6.26. The molecular weight excluding hydrogens is 547 g/mol. The Labute approximate surface area is 248 Å². The highest BCUT2D eigenvalue weighted by Crippen LogP contribution is 2.30. The van der Waals surface area contributed by atoms with E-state index in [0.717, 1.165) is 36.5 Å². The largest absolute Gasteiger partial charge is 0.457 e. The predicted octanol–water partition coefficient (Wildman–Crippen LogP) is 6.19. The minimum atomic E-state index is -0.638. The summed E-state index contributed by atoms with van der Waals surface area (Å²) in [6, 6.07) is 15.2. The summed E-state index contributed by atoms with van der Waals surface area (Å²) in [6.45, 7) is 7.94. The van der Waals surface area contributed by atoms with Crippen molar-refractivity contribution in [2.45, 2.75) is 39.2 Å². The average molecular weight is 581 g/mol. The Balaban J connectivity index is 1.18. The number of amides is 2. The van der Waals surface area contributed by atoms with Gasteiger partial charge in [0.2, 0.25) is 0 Å². The Kier molecular flexibility index (Phi) is 7.41. The van der Waals surface area contributed by atoms with E-state index in [9.17, 15) is 4.79 Å². The Morgan fingerprint density at radius 2 is 1.86 bits per heavy atom. The van der Waals surface area contributed by atoms with Gasteiger partial charge in [-0.2, -0.15) is 10.2 Å². The average Bonchev–Trinajstić information content (AvgIpc) is 3.61. The number of rotatable bonds is 6. The van der Waals surface area contributed by atoms with Gasteiger partial charge in [-0.25, -0.2) is 13.9 Å². The van der Waals surface area contributed by atoms with Crippen molar-refractivity contribution in [3.8, 4) is 28.4 Å². The number of pyridine rings is 1. The second-order valence-corrected chi connectivity index (χ2v) is 11.6. The molecule has 10 nitrogen and oxygen atoms in total. The molecule has 1 aliphatic rings. The maximum Gasteiger partial charge on any atom is 0.324 e. The lowest BCUT2D eigenvalue weighted by Crippen LogP contribution is -2.24. The van der Waals surface area contributed by atoms with Gasteiger partial charge in [0.05, 0.1) is 29.0 Å². The molecule has 1 aliphatic heterocycles. The van der Waals surface area contributed by atoms with Crippen LogP contribution in [-0.2, 0) is 25.4 Å². The van der Waals surface area contributed by atoms with Crippen LogP contribution in [0.25, 0.3) is 16.9 Å². The number of hydrogen-bond donors (Lipinski definition) is 3. The maximum absolute atomic E-state index is 15.1. The van der Waals surface area contributed by atoms with E-state index in [-0.39, 0.29) is 16.9 Å². The van der Waals surface area contributed by atoms with Crippen LogP contribution in [0.1, 0.15) is 37.6 Å². The zero-order valence-corrected chi connectivity index (χ0v) is 24.5. The first-order valence-corrected chi connectivity index (χ1v) is 14.1. The molecule has 0 spiro atoms. The summed E-state index contributed by atoms with van der Waals surface area (Å²) >= 11 is 0. The lowest BCUT2D eigenvalue weighted by atomic mass is 9.92. The van der Waals surface area contributed by atoms with Crippen LogP contribution in [0.5, 0.6) is 11.5 Å². The van der Waals surface area contributed by atoms with Crippen molar-refractivity contribution >= 4 is 17.5 Å². The van der Waals surface area contributed by atoms with E-state index in [1.807, 2.05) is 25.4 Å². The van der Waals surface area contributed by atoms with Crippen molar-refractivity contribution in [2.24, 2.45) is 7.05 Å². The van der Waals surface area contributed by atoms with E-state index in [1.165, 1.54) is 23.3 Å². The highest BCUT2D eigenvalue weighted by atomic mass is 19.1. The van der Waals surface area contributed by atoms with Crippen LogP contribution < -0.4 is 20.7 Å². The van der Waals surface area contributed by atoms with E-state index in [2.05, 4.69) is 58.9 Å². The van der Waals surface area contributed by atoms with Crippen molar-refractivity contribution in [3.05, 3.63) is 95.8 Å². The number of fused-ring (bicyclic) bond motifs is 1. The van der Waals surface area contributed by atoms with Gasteiger partial charge in [0.15, 0.2) is 0 Å². The number of carbonyl (C=O) groups is 1. The van der Waals surface area contributed by atoms with Gasteiger partial charge in [0, 0.05) is 55.2 Å². The summed E-state index contributed by atoms with van der Waals surface area (Å²) in [5.74, 6) is 0.621. The van der Waals surface area contributed by atoms with Crippen molar-refractivity contribution in [1.29, 1.82) is 0 Å². The molecule has 0 aliphatic carbocycles. The monoisotopic (exact) mass is 580 g/mol. The van der Waals surface area contributed by atoms with E-state index in [1.54, 1.807) is 40.0 Å². The minimum Gasteiger partial charge on any atom is -0.457 e. The van der Waals surface area contributed by atoms with Gasteiger partial charge in [0.1, 0.15) is 23.1 Å². The van der Waals surface area contributed by atoms with E-state index in [4.69, 9.17) is 9.84 Å². The van der Waals surface area contributed by atoms with Crippen LogP contribution in [0.4, 0.5) is 20.7 Å². The highest BCUT2D eigenvalue weighted by molar-refractivity contribution is 5.99. The Bertz CT molecular complexity index is 1800. The molecule has 6 rings (SSSR count). The number of hydrogen-bond acceptors (Lipinski definition) is 6. The number of halogens is 1. The Morgan fingerprint density at radius 3 is 2.63 bits per heavy atom. The minimum absolute atomic E-state index is 0.0130.